The van der Waals surface area contributed by atoms with Crippen LogP contribution in [0.1, 0.15) is 33.9 Å². The highest BCUT2D eigenvalue weighted by Gasteiger charge is 2.66. The molecule has 30 heavy (non-hydrogen) atoms. The third-order valence-electron chi connectivity index (χ3n) is 3.84. The molecule has 1 aromatic heterocycles. The van der Waals surface area contributed by atoms with Crippen LogP contribution in [0.25, 0.3) is 0 Å². The molecular weight excluding hydrogens is 406 g/mol. The molecule has 0 amide bonds. The zero-order chi connectivity index (χ0) is 22.6. The Balaban J connectivity index is 2.68. The third kappa shape index (κ3) is 4.92. The fourth-order valence-corrected chi connectivity index (χ4v) is 2.95. The summed E-state index contributed by atoms with van der Waals surface area (Å²) in [5.41, 5.74) is 4.56. The van der Waals surface area contributed by atoms with Crippen LogP contribution in [0.3, 0.4) is 0 Å². The van der Waals surface area contributed by atoms with Crippen molar-refractivity contribution in [1.82, 2.24) is 9.55 Å². The number of nitrogens with zero attached hydrogens (tertiary/aromatic N) is 2. The van der Waals surface area contributed by atoms with Gasteiger partial charge in [-0.1, -0.05) is 0 Å². The number of aromatic nitrogens is 2. The minimum atomic E-state index is -2.42. The van der Waals surface area contributed by atoms with E-state index >= 15 is 0 Å². The molecule has 0 aliphatic carbocycles. The first kappa shape index (κ1) is 22.8. The van der Waals surface area contributed by atoms with Crippen molar-refractivity contribution >= 4 is 29.7 Å². The monoisotopic (exact) mass is 427 g/mol. The highest BCUT2D eigenvalue weighted by Crippen LogP contribution is 2.44. The number of carbonyl (C=O) groups excluding carboxylic acids is 4. The number of hydrogen-bond donors (Lipinski definition) is 1. The molecule has 0 radical (unpaired) electrons. The van der Waals surface area contributed by atoms with E-state index in [4.69, 9.17) is 29.4 Å². The van der Waals surface area contributed by atoms with Crippen LogP contribution >= 0.6 is 0 Å². The van der Waals surface area contributed by atoms with Crippen molar-refractivity contribution in [3.63, 3.8) is 0 Å². The third-order valence-corrected chi connectivity index (χ3v) is 3.84. The Hall–Kier alpha value is -3.48. The van der Waals surface area contributed by atoms with E-state index in [2.05, 4.69) is 4.98 Å². The van der Waals surface area contributed by atoms with Crippen LogP contribution in [0.2, 0.25) is 0 Å². The maximum Gasteiger partial charge on any atom is 0.351 e. The predicted molar refractivity (Wildman–Crippen MR) is 95.3 cm³/mol. The molecule has 2 heterocycles. The van der Waals surface area contributed by atoms with Gasteiger partial charge in [0.05, 0.1) is 0 Å². The Labute approximate surface area is 170 Å². The summed E-state index contributed by atoms with van der Waals surface area (Å²) in [6.07, 6.45) is -3.34. The lowest BCUT2D eigenvalue weighted by atomic mass is 10.1. The molecule has 2 N–H and O–H groups in total. The van der Waals surface area contributed by atoms with Crippen molar-refractivity contribution in [3.05, 3.63) is 22.7 Å². The molecule has 164 valence electrons. The first-order valence-electron chi connectivity index (χ1n) is 8.66. The standard InChI is InChI=1S/C17H21N3O10/c1-8(21)26-7-12-14(27-9(2)22)17(29-10(3)23,30-11(4)24)15(28-12)20-6-5-13(18)19-16(20)25/h5-6,12,14-15H,7H2,1-4H3,(H2,18,19,25)/t12-,14-,15-/m1/s1. The van der Waals surface area contributed by atoms with Crippen molar-refractivity contribution in [3.8, 4) is 0 Å². The minimum absolute atomic E-state index is 0.104. The summed E-state index contributed by atoms with van der Waals surface area (Å²) in [6, 6.07) is 1.25. The van der Waals surface area contributed by atoms with Gasteiger partial charge in [-0.15, -0.1) is 0 Å². The summed E-state index contributed by atoms with van der Waals surface area (Å²) < 4.78 is 27.2. The number of esters is 4. The lowest BCUT2D eigenvalue weighted by molar-refractivity contribution is -0.278. The molecule has 0 aromatic carbocycles. The lowest BCUT2D eigenvalue weighted by Crippen LogP contribution is -2.56. The van der Waals surface area contributed by atoms with Crippen LogP contribution in [0.4, 0.5) is 5.82 Å². The van der Waals surface area contributed by atoms with E-state index in [0.29, 0.717) is 0 Å². The summed E-state index contributed by atoms with van der Waals surface area (Å²) in [4.78, 5) is 62.7. The molecule has 1 aliphatic heterocycles. The lowest BCUT2D eigenvalue weighted by Gasteiger charge is -2.35. The molecule has 1 saturated heterocycles. The van der Waals surface area contributed by atoms with Crippen molar-refractivity contribution in [2.75, 3.05) is 12.3 Å². The van der Waals surface area contributed by atoms with Gasteiger partial charge in [-0.25, -0.2) is 4.79 Å². The summed E-state index contributed by atoms with van der Waals surface area (Å²) >= 11 is 0. The van der Waals surface area contributed by atoms with E-state index in [-0.39, 0.29) is 5.82 Å². The number of carbonyl (C=O) groups is 4. The van der Waals surface area contributed by atoms with Gasteiger partial charge in [-0.3, -0.25) is 23.7 Å². The molecule has 1 fully saturated rings. The molecule has 3 atom stereocenters. The average molecular weight is 427 g/mol. The number of ether oxygens (including phenoxy) is 5. The Morgan fingerprint density at radius 1 is 1.10 bits per heavy atom. The Morgan fingerprint density at radius 3 is 2.17 bits per heavy atom. The van der Waals surface area contributed by atoms with Gasteiger partial charge >= 0.3 is 35.4 Å². The zero-order valence-electron chi connectivity index (χ0n) is 16.6. The van der Waals surface area contributed by atoms with E-state index in [1.54, 1.807) is 0 Å². The summed E-state index contributed by atoms with van der Waals surface area (Å²) in [5.74, 6) is -5.93. The second-order valence-electron chi connectivity index (χ2n) is 6.31. The SMILES string of the molecule is CC(=O)OC[C@H]1O[C@@H](n2ccc(N)nc2=O)C(OC(C)=O)(OC(C)=O)[C@@H]1OC(C)=O. The molecule has 13 heteroatoms. The first-order chi connectivity index (χ1) is 14.0. The van der Waals surface area contributed by atoms with Crippen LogP contribution in [0, 0.1) is 0 Å². The highest BCUT2D eigenvalue weighted by atomic mass is 16.8. The molecule has 13 nitrogen and oxygen atoms in total. The van der Waals surface area contributed by atoms with Crippen LogP contribution in [0.15, 0.2) is 17.1 Å². The molecule has 0 spiro atoms. The van der Waals surface area contributed by atoms with Gasteiger partial charge in [0.25, 0.3) is 0 Å². The topological polar surface area (TPSA) is 175 Å². The van der Waals surface area contributed by atoms with Crippen LogP contribution < -0.4 is 11.4 Å². The average Bonchev–Trinajstić information content (AvgIpc) is 2.85. The van der Waals surface area contributed by atoms with E-state index in [1.165, 1.54) is 6.07 Å². The van der Waals surface area contributed by atoms with E-state index in [9.17, 15) is 24.0 Å². The van der Waals surface area contributed by atoms with Gasteiger partial charge < -0.3 is 29.4 Å². The second kappa shape index (κ2) is 8.90. The Bertz CT molecular complexity index is 895. The van der Waals surface area contributed by atoms with Crippen LogP contribution in [0.5, 0.6) is 0 Å². The number of anilines is 1. The van der Waals surface area contributed by atoms with Gasteiger partial charge in [0.1, 0.15) is 18.5 Å². The molecule has 2 rings (SSSR count). The largest absolute Gasteiger partial charge is 0.463 e. The van der Waals surface area contributed by atoms with Gasteiger partial charge in [0.15, 0.2) is 0 Å². The van der Waals surface area contributed by atoms with Crippen LogP contribution in [-0.4, -0.2) is 58.0 Å². The quantitative estimate of drug-likeness (QED) is 0.335. The van der Waals surface area contributed by atoms with Crippen LogP contribution in [-0.2, 0) is 42.9 Å². The maximum absolute atomic E-state index is 12.4. The number of nitrogen functional groups attached to an aromatic ring is 1. The summed E-state index contributed by atoms with van der Waals surface area (Å²) in [5, 5.41) is 0. The fraction of sp³-hybridized carbons (Fsp3) is 0.529. The summed E-state index contributed by atoms with van der Waals surface area (Å²) in [6.45, 7) is 3.74. The molecule has 1 aliphatic rings. The second-order valence-corrected chi connectivity index (χ2v) is 6.31. The Kier molecular flexibility index (Phi) is 6.77. The van der Waals surface area contributed by atoms with Crippen molar-refractivity contribution < 1.29 is 42.9 Å². The molecule has 0 unspecified atom stereocenters. The minimum Gasteiger partial charge on any atom is -0.463 e. The van der Waals surface area contributed by atoms with Gasteiger partial charge in [-0.05, 0) is 6.07 Å². The van der Waals surface area contributed by atoms with E-state index in [1.807, 2.05) is 0 Å². The van der Waals surface area contributed by atoms with Gasteiger partial charge in [0, 0.05) is 33.9 Å². The van der Waals surface area contributed by atoms with Crippen molar-refractivity contribution in [1.29, 1.82) is 0 Å². The van der Waals surface area contributed by atoms with E-state index in [0.717, 1.165) is 38.5 Å². The predicted octanol–water partition coefficient (Wildman–Crippen LogP) is -0.960. The van der Waals surface area contributed by atoms with Crippen molar-refractivity contribution in [2.24, 2.45) is 0 Å². The number of hydrogen-bond acceptors (Lipinski definition) is 12. The molecular formula is C17H21N3O10. The Morgan fingerprint density at radius 2 is 1.70 bits per heavy atom. The maximum atomic E-state index is 12.4. The number of rotatable bonds is 6. The highest BCUT2D eigenvalue weighted by molar-refractivity contribution is 5.70. The fourth-order valence-electron chi connectivity index (χ4n) is 2.95. The van der Waals surface area contributed by atoms with E-state index < -0.39 is 60.4 Å². The number of nitrogens with two attached hydrogens (primary N) is 1. The molecule has 1 aromatic rings. The smallest absolute Gasteiger partial charge is 0.351 e. The molecule has 0 saturated carbocycles. The summed E-state index contributed by atoms with van der Waals surface area (Å²) in [7, 11) is 0. The van der Waals surface area contributed by atoms with Gasteiger partial charge in [-0.2, -0.15) is 4.98 Å². The molecule has 0 bridgehead atoms. The first-order valence-corrected chi connectivity index (χ1v) is 8.66. The normalized spacial score (nSPS) is 22.1. The zero-order valence-corrected chi connectivity index (χ0v) is 16.6. The van der Waals surface area contributed by atoms with Gasteiger partial charge in [0.2, 0.25) is 12.3 Å². The van der Waals surface area contributed by atoms with Crippen molar-refractivity contribution in [2.45, 2.75) is 51.9 Å².